The summed E-state index contributed by atoms with van der Waals surface area (Å²) >= 11 is 0. The third-order valence-electron chi connectivity index (χ3n) is 7.70. The number of ether oxygens (including phenoxy) is 1. The molecular weight excluding hydrogens is 484 g/mol. The smallest absolute Gasteiger partial charge is 0.280 e. The highest BCUT2D eigenvalue weighted by Gasteiger charge is 2.32. The van der Waals surface area contributed by atoms with Gasteiger partial charge in [0.25, 0.3) is 17.7 Å². The van der Waals surface area contributed by atoms with Gasteiger partial charge >= 0.3 is 0 Å². The second kappa shape index (κ2) is 10.5. The highest BCUT2D eigenvalue weighted by molar-refractivity contribution is 6.19. The summed E-state index contributed by atoms with van der Waals surface area (Å²) in [7, 11) is 0. The molecule has 2 N–H and O–H groups in total. The van der Waals surface area contributed by atoms with E-state index in [9.17, 15) is 14.4 Å². The molecule has 6 rings (SSSR count). The molecule has 2 bridgehead atoms. The Morgan fingerprint density at radius 2 is 1.74 bits per heavy atom. The molecule has 198 valence electrons. The predicted octanol–water partition coefficient (Wildman–Crippen LogP) is 2.19. The van der Waals surface area contributed by atoms with E-state index in [-0.39, 0.29) is 11.8 Å². The van der Waals surface area contributed by atoms with Crippen LogP contribution in [0.25, 0.3) is 0 Å². The van der Waals surface area contributed by atoms with Crippen LogP contribution in [0.2, 0.25) is 0 Å². The minimum absolute atomic E-state index is 0.0217. The summed E-state index contributed by atoms with van der Waals surface area (Å²) in [5.41, 5.74) is 3.09. The fourth-order valence-corrected chi connectivity index (χ4v) is 5.35. The number of fused-ring (bicyclic) bond motifs is 5. The number of guanidine groups is 1. The molecule has 0 saturated carbocycles. The van der Waals surface area contributed by atoms with Gasteiger partial charge in [0.05, 0.1) is 30.6 Å². The van der Waals surface area contributed by atoms with E-state index in [4.69, 9.17) is 4.74 Å². The third-order valence-corrected chi connectivity index (χ3v) is 7.70. The van der Waals surface area contributed by atoms with Crippen molar-refractivity contribution >= 4 is 35.1 Å². The van der Waals surface area contributed by atoms with Crippen LogP contribution in [0.4, 0.5) is 11.4 Å². The Hall–Kier alpha value is -3.76. The maximum atomic E-state index is 13.4. The monoisotopic (exact) mass is 516 g/mol. The van der Waals surface area contributed by atoms with Crippen LogP contribution >= 0.6 is 0 Å². The van der Waals surface area contributed by atoms with Gasteiger partial charge in [-0.3, -0.25) is 19.3 Å². The topological polar surface area (TPSA) is 107 Å². The summed E-state index contributed by atoms with van der Waals surface area (Å²) in [5.74, 6) is -0.151. The maximum absolute atomic E-state index is 13.4. The SMILES string of the molecule is O=C1/N=C2\Nc3ccc(C(=O)N4CCN(C5COC5)CC4)cc3N2CCCCCNC(=O)c2cccc1c2. The van der Waals surface area contributed by atoms with Crippen LogP contribution in [-0.4, -0.2) is 92.0 Å². The summed E-state index contributed by atoms with van der Waals surface area (Å²) in [6.07, 6.45) is 2.60. The average molecular weight is 517 g/mol. The molecule has 2 fully saturated rings. The fourth-order valence-electron chi connectivity index (χ4n) is 5.35. The normalized spacial score (nSPS) is 22.3. The Labute approximate surface area is 221 Å². The number of carbonyl (C=O) groups excluding carboxylic acids is 3. The quantitative estimate of drug-likeness (QED) is 0.630. The van der Waals surface area contributed by atoms with Crippen molar-refractivity contribution in [1.82, 2.24) is 15.1 Å². The van der Waals surface area contributed by atoms with Crippen LogP contribution in [-0.2, 0) is 4.74 Å². The van der Waals surface area contributed by atoms with Gasteiger partial charge in [-0.2, -0.15) is 4.99 Å². The first-order chi connectivity index (χ1) is 18.6. The van der Waals surface area contributed by atoms with Crippen LogP contribution in [0.1, 0.15) is 50.3 Å². The summed E-state index contributed by atoms with van der Waals surface area (Å²) in [6, 6.07) is 12.8. The molecule has 0 aromatic heterocycles. The molecule has 38 heavy (non-hydrogen) atoms. The fraction of sp³-hybridized carbons (Fsp3) is 0.429. The number of rotatable bonds is 2. The summed E-state index contributed by atoms with van der Waals surface area (Å²) in [4.78, 5) is 49.6. The minimum Gasteiger partial charge on any atom is -0.378 e. The number of nitrogens with zero attached hydrogens (tertiary/aromatic N) is 4. The van der Waals surface area contributed by atoms with E-state index >= 15 is 0 Å². The number of carbonyl (C=O) groups is 3. The van der Waals surface area contributed by atoms with Crippen molar-refractivity contribution < 1.29 is 19.1 Å². The standard InChI is InChI=1S/C28H32N6O4/c35-25-19-5-4-6-20(15-19)26(36)31-28-30-23-8-7-21(16-24(23)34(28)10-3-1-2-9-29-25)27(37)33-13-11-32(12-14-33)22-17-38-18-22/h4-8,15-16,22H,1-3,9-14,17-18H2,(H,29,35)(H,30,31,36). The van der Waals surface area contributed by atoms with Crippen LogP contribution in [0.3, 0.4) is 0 Å². The van der Waals surface area contributed by atoms with E-state index in [2.05, 4.69) is 20.5 Å². The lowest BCUT2D eigenvalue weighted by molar-refractivity contribution is -0.0746. The zero-order valence-corrected chi connectivity index (χ0v) is 21.3. The predicted molar refractivity (Wildman–Crippen MR) is 144 cm³/mol. The van der Waals surface area contributed by atoms with Gasteiger partial charge < -0.3 is 25.2 Å². The minimum atomic E-state index is -0.428. The Balaban J connectivity index is 1.23. The Morgan fingerprint density at radius 1 is 0.921 bits per heavy atom. The van der Waals surface area contributed by atoms with Gasteiger partial charge in [0.1, 0.15) is 0 Å². The van der Waals surface area contributed by atoms with Crippen LogP contribution in [0.5, 0.6) is 0 Å². The number of amides is 3. The summed E-state index contributed by atoms with van der Waals surface area (Å²) < 4.78 is 5.32. The number of benzene rings is 2. The molecular formula is C28H32N6O4. The molecule has 0 aliphatic carbocycles. The largest absolute Gasteiger partial charge is 0.378 e. The Kier molecular flexibility index (Phi) is 6.82. The number of hydrogen-bond acceptors (Lipinski definition) is 7. The lowest BCUT2D eigenvalue weighted by Crippen LogP contribution is -2.57. The molecule has 3 amide bonds. The molecule has 2 saturated heterocycles. The molecule has 0 spiro atoms. The highest BCUT2D eigenvalue weighted by atomic mass is 16.5. The second-order valence-electron chi connectivity index (χ2n) is 10.2. The van der Waals surface area contributed by atoms with Crippen molar-refractivity contribution in [1.29, 1.82) is 0 Å². The average Bonchev–Trinajstić information content (AvgIpc) is 3.25. The molecule has 4 aliphatic heterocycles. The molecule has 0 atom stereocenters. The van der Waals surface area contributed by atoms with E-state index in [1.54, 1.807) is 24.3 Å². The molecule has 2 aromatic carbocycles. The van der Waals surface area contributed by atoms with Gasteiger partial charge in [-0.1, -0.05) is 6.07 Å². The van der Waals surface area contributed by atoms with Gasteiger partial charge in [-0.05, 0) is 55.7 Å². The lowest BCUT2D eigenvalue weighted by atomic mass is 10.1. The molecule has 4 heterocycles. The number of nitrogens with one attached hydrogen (secondary N) is 2. The zero-order chi connectivity index (χ0) is 26.1. The summed E-state index contributed by atoms with van der Waals surface area (Å²) in [6.45, 7) is 5.91. The van der Waals surface area contributed by atoms with Crippen molar-refractivity contribution in [2.45, 2.75) is 25.3 Å². The molecule has 10 nitrogen and oxygen atoms in total. The highest BCUT2D eigenvalue weighted by Crippen LogP contribution is 2.34. The van der Waals surface area contributed by atoms with Gasteiger partial charge in [0.2, 0.25) is 5.96 Å². The van der Waals surface area contributed by atoms with Crippen LogP contribution < -0.4 is 15.5 Å². The van der Waals surface area contributed by atoms with Crippen LogP contribution in [0.15, 0.2) is 47.5 Å². The van der Waals surface area contributed by atoms with E-state index in [1.165, 1.54) is 0 Å². The second-order valence-corrected chi connectivity index (χ2v) is 10.2. The third kappa shape index (κ3) is 4.89. The Morgan fingerprint density at radius 3 is 2.53 bits per heavy atom. The van der Waals surface area contributed by atoms with Crippen LogP contribution in [0, 0.1) is 0 Å². The molecule has 2 aromatic rings. The van der Waals surface area contributed by atoms with Gasteiger partial charge in [0.15, 0.2) is 0 Å². The molecule has 0 unspecified atom stereocenters. The summed E-state index contributed by atoms with van der Waals surface area (Å²) in [5, 5.41) is 6.20. The molecule has 4 aliphatic rings. The lowest BCUT2D eigenvalue weighted by Gasteiger charge is -2.42. The number of anilines is 2. The number of piperazine rings is 1. The first kappa shape index (κ1) is 24.6. The van der Waals surface area contributed by atoms with E-state index in [0.29, 0.717) is 54.9 Å². The first-order valence-corrected chi connectivity index (χ1v) is 13.4. The van der Waals surface area contributed by atoms with Gasteiger partial charge in [-0.25, -0.2) is 0 Å². The van der Waals surface area contributed by atoms with Crippen molar-refractivity contribution in [2.24, 2.45) is 4.99 Å². The van der Waals surface area contributed by atoms with Crippen molar-refractivity contribution in [3.05, 3.63) is 59.2 Å². The van der Waals surface area contributed by atoms with Gasteiger partial charge in [0, 0.05) is 56.0 Å². The van der Waals surface area contributed by atoms with Crippen molar-refractivity contribution in [3.63, 3.8) is 0 Å². The first-order valence-electron chi connectivity index (χ1n) is 13.4. The number of aliphatic imine (C=N–C) groups is 1. The number of hydrogen-bond donors (Lipinski definition) is 2. The van der Waals surface area contributed by atoms with Crippen molar-refractivity contribution in [3.8, 4) is 0 Å². The van der Waals surface area contributed by atoms with E-state index in [1.807, 2.05) is 28.0 Å². The van der Waals surface area contributed by atoms with E-state index < -0.39 is 5.91 Å². The zero-order valence-electron chi connectivity index (χ0n) is 21.3. The van der Waals surface area contributed by atoms with Crippen molar-refractivity contribution in [2.75, 3.05) is 62.7 Å². The van der Waals surface area contributed by atoms with E-state index in [0.717, 1.165) is 56.9 Å². The maximum Gasteiger partial charge on any atom is 0.280 e. The Bertz CT molecular complexity index is 1280. The molecule has 10 heteroatoms. The molecule has 0 radical (unpaired) electrons. The van der Waals surface area contributed by atoms with Gasteiger partial charge in [-0.15, -0.1) is 0 Å².